The zero-order valence-electron chi connectivity index (χ0n) is 24.5. The molecule has 0 aliphatic carbocycles. The van der Waals surface area contributed by atoms with Crippen LogP contribution in [0.1, 0.15) is 76.5 Å². The van der Waals surface area contributed by atoms with Crippen LogP contribution in [0.5, 0.6) is 0 Å². The average molecular weight is 564 g/mol. The van der Waals surface area contributed by atoms with Crippen molar-refractivity contribution < 1.29 is 14.3 Å². The molecule has 1 N–H and O–H groups in total. The van der Waals surface area contributed by atoms with Crippen molar-refractivity contribution in [2.24, 2.45) is 5.92 Å². The van der Waals surface area contributed by atoms with Gasteiger partial charge in [-0.1, -0.05) is 19.9 Å². The number of unbranched alkanes of at least 4 members (excludes halogenated alkanes) is 1. The van der Waals surface area contributed by atoms with Gasteiger partial charge in [-0.15, -0.1) is 0 Å². The van der Waals surface area contributed by atoms with Gasteiger partial charge in [0.05, 0.1) is 12.2 Å². The van der Waals surface area contributed by atoms with Gasteiger partial charge in [0.15, 0.2) is 5.65 Å². The normalized spacial score (nSPS) is 15.6. The van der Waals surface area contributed by atoms with E-state index in [4.69, 9.17) is 9.72 Å². The second-order valence-electron chi connectivity index (χ2n) is 11.1. The number of carbonyl (C=O) groups excluding carboxylic acids is 2. The lowest BCUT2D eigenvalue weighted by atomic mass is 10.1. The van der Waals surface area contributed by atoms with Crippen molar-refractivity contribution in [3.63, 3.8) is 0 Å². The van der Waals surface area contributed by atoms with Crippen LogP contribution in [0.2, 0.25) is 0 Å². The molecule has 1 atom stereocenters. The first-order valence-corrected chi connectivity index (χ1v) is 14.4. The quantitative estimate of drug-likeness (QED) is 0.260. The zero-order valence-corrected chi connectivity index (χ0v) is 24.5. The van der Waals surface area contributed by atoms with Crippen LogP contribution < -0.4 is 10.9 Å². The van der Waals surface area contributed by atoms with Crippen LogP contribution in [0.25, 0.3) is 11.2 Å². The number of nitrogens with zero attached hydrogens (tertiary/aromatic N) is 6. The van der Waals surface area contributed by atoms with Crippen molar-refractivity contribution in [3.05, 3.63) is 58.7 Å². The number of amides is 2. The summed E-state index contributed by atoms with van der Waals surface area (Å²) in [6.07, 6.45) is 12.4. The summed E-state index contributed by atoms with van der Waals surface area (Å²) in [5.41, 5.74) is 2.26. The fourth-order valence-electron chi connectivity index (χ4n) is 4.79. The summed E-state index contributed by atoms with van der Waals surface area (Å²) in [4.78, 5) is 53.1. The highest BCUT2D eigenvalue weighted by atomic mass is 16.5. The number of likely N-dealkylation sites (N-methyl/N-ethyl adjacent to an activating group) is 1. The third-order valence-electron chi connectivity index (χ3n) is 7.11. The van der Waals surface area contributed by atoms with Gasteiger partial charge in [0.1, 0.15) is 29.6 Å². The van der Waals surface area contributed by atoms with E-state index in [1.807, 2.05) is 4.57 Å². The number of ether oxygens (including phenoxy) is 1. The van der Waals surface area contributed by atoms with Crippen molar-refractivity contribution in [2.45, 2.75) is 78.0 Å². The molecule has 2 amide bonds. The molecule has 1 saturated heterocycles. The molecule has 220 valence electrons. The van der Waals surface area contributed by atoms with E-state index >= 15 is 0 Å². The Labute approximate surface area is 240 Å². The maximum atomic E-state index is 13.4. The van der Waals surface area contributed by atoms with Crippen molar-refractivity contribution in [1.29, 1.82) is 0 Å². The molecule has 11 nitrogen and oxygen atoms in total. The predicted molar refractivity (Wildman–Crippen MR) is 157 cm³/mol. The van der Waals surface area contributed by atoms with E-state index in [2.05, 4.69) is 29.1 Å². The molecule has 1 aliphatic heterocycles. The van der Waals surface area contributed by atoms with Gasteiger partial charge in [-0.3, -0.25) is 19.0 Å². The summed E-state index contributed by atoms with van der Waals surface area (Å²) in [6.45, 7) is 5.23. The van der Waals surface area contributed by atoms with Gasteiger partial charge in [-0.05, 0) is 69.1 Å². The topological polar surface area (TPSA) is 124 Å². The first-order chi connectivity index (χ1) is 19.7. The second kappa shape index (κ2) is 14.2. The molecule has 4 heterocycles. The van der Waals surface area contributed by atoms with E-state index < -0.39 is 0 Å². The first kappa shape index (κ1) is 30.1. The summed E-state index contributed by atoms with van der Waals surface area (Å²) in [6, 6.07) is 3.35. The van der Waals surface area contributed by atoms with E-state index in [1.54, 1.807) is 49.4 Å². The standard InChI is InChI=1S/C30H41N7O4/c1-21(2)15-16-22-28-29(32-20-31-22)37(27-14-8-9-18-41-27)24(34-28)19-36-17-10-11-23(30(36)40)33-25(38)12-6-5-7-13-26(39)35(3)4/h7,10-11,13,17,20-21,27H,5-6,8-9,12,14-16,18-19H2,1-4H3,(H,33,38)/b13-7+. The Hall–Kier alpha value is -3.86. The SMILES string of the molecule is CC(C)CCc1ncnc2c1nc(Cn1cccc(NC(=O)CCC/C=C/C(=O)N(C)C)c1=O)n2C1CCCCO1. The maximum absolute atomic E-state index is 13.4. The Morgan fingerprint density at radius 1 is 1.24 bits per heavy atom. The number of pyridine rings is 1. The number of hydrogen-bond donors (Lipinski definition) is 1. The van der Waals surface area contributed by atoms with Crippen molar-refractivity contribution in [1.82, 2.24) is 29.0 Å². The average Bonchev–Trinajstić information content (AvgIpc) is 3.32. The lowest BCUT2D eigenvalue weighted by Gasteiger charge is -2.25. The molecular weight excluding hydrogens is 522 g/mol. The summed E-state index contributed by atoms with van der Waals surface area (Å²) in [5.74, 6) is 0.855. The minimum atomic E-state index is -0.313. The van der Waals surface area contributed by atoms with Crippen molar-refractivity contribution in [2.75, 3.05) is 26.0 Å². The van der Waals surface area contributed by atoms with Gasteiger partial charge in [0.2, 0.25) is 11.8 Å². The van der Waals surface area contributed by atoms with E-state index in [0.29, 0.717) is 31.2 Å². The molecule has 0 spiro atoms. The second-order valence-corrected chi connectivity index (χ2v) is 11.1. The predicted octanol–water partition coefficient (Wildman–Crippen LogP) is 4.08. The smallest absolute Gasteiger partial charge is 0.274 e. The largest absolute Gasteiger partial charge is 0.358 e. The Kier molecular flexibility index (Phi) is 10.4. The number of fused-ring (bicyclic) bond motifs is 1. The molecular formula is C30H41N7O4. The van der Waals surface area contributed by atoms with E-state index in [0.717, 1.165) is 49.0 Å². The summed E-state index contributed by atoms with van der Waals surface area (Å²) in [7, 11) is 3.37. The van der Waals surface area contributed by atoms with Crippen LogP contribution in [-0.2, 0) is 27.3 Å². The molecule has 0 saturated carbocycles. The van der Waals surface area contributed by atoms with Crippen LogP contribution in [0.4, 0.5) is 5.69 Å². The minimum Gasteiger partial charge on any atom is -0.358 e. The third kappa shape index (κ3) is 7.87. The number of nitrogens with one attached hydrogen (secondary N) is 1. The number of aryl methyl sites for hydroxylation is 1. The van der Waals surface area contributed by atoms with Gasteiger partial charge in [0, 0.05) is 33.3 Å². The molecule has 0 aromatic carbocycles. The third-order valence-corrected chi connectivity index (χ3v) is 7.11. The monoisotopic (exact) mass is 563 g/mol. The molecule has 3 aromatic rings. The number of hydrogen-bond acceptors (Lipinski definition) is 7. The number of anilines is 1. The fraction of sp³-hybridized carbons (Fsp3) is 0.533. The highest BCUT2D eigenvalue weighted by Crippen LogP contribution is 2.29. The van der Waals surface area contributed by atoms with Crippen LogP contribution >= 0.6 is 0 Å². The summed E-state index contributed by atoms with van der Waals surface area (Å²) < 4.78 is 9.69. The molecule has 3 aromatic heterocycles. The maximum Gasteiger partial charge on any atom is 0.274 e. The van der Waals surface area contributed by atoms with Crippen LogP contribution in [0.3, 0.4) is 0 Å². The molecule has 41 heavy (non-hydrogen) atoms. The van der Waals surface area contributed by atoms with Gasteiger partial charge in [0.25, 0.3) is 5.56 Å². The van der Waals surface area contributed by atoms with Crippen molar-refractivity contribution >= 4 is 28.7 Å². The summed E-state index contributed by atoms with van der Waals surface area (Å²) >= 11 is 0. The first-order valence-electron chi connectivity index (χ1n) is 14.4. The highest BCUT2D eigenvalue weighted by Gasteiger charge is 2.25. The lowest BCUT2D eigenvalue weighted by Crippen LogP contribution is -2.28. The van der Waals surface area contributed by atoms with Gasteiger partial charge in [-0.25, -0.2) is 15.0 Å². The van der Waals surface area contributed by atoms with Gasteiger partial charge < -0.3 is 19.5 Å². The van der Waals surface area contributed by atoms with Crippen LogP contribution in [0.15, 0.2) is 41.6 Å². The van der Waals surface area contributed by atoms with Crippen LogP contribution in [-0.4, -0.2) is 61.5 Å². The van der Waals surface area contributed by atoms with Crippen molar-refractivity contribution in [3.8, 4) is 0 Å². The molecule has 4 rings (SSSR count). The molecule has 0 bridgehead atoms. The number of allylic oxidation sites excluding steroid dienone is 1. The van der Waals surface area contributed by atoms with E-state index in [9.17, 15) is 14.4 Å². The Bertz CT molecular complexity index is 1430. The number of carbonyl (C=O) groups is 2. The Morgan fingerprint density at radius 2 is 2.07 bits per heavy atom. The lowest BCUT2D eigenvalue weighted by molar-refractivity contribution is -0.123. The number of aromatic nitrogens is 5. The molecule has 1 fully saturated rings. The molecule has 1 unspecified atom stereocenters. The number of imidazole rings is 1. The van der Waals surface area contributed by atoms with Crippen LogP contribution in [0, 0.1) is 5.92 Å². The van der Waals surface area contributed by atoms with E-state index in [1.165, 1.54) is 11.0 Å². The molecule has 0 radical (unpaired) electrons. The number of rotatable bonds is 12. The van der Waals surface area contributed by atoms with Gasteiger partial charge in [-0.2, -0.15) is 0 Å². The molecule has 11 heteroatoms. The Balaban J connectivity index is 1.53. The molecule has 1 aliphatic rings. The van der Waals surface area contributed by atoms with E-state index in [-0.39, 0.29) is 42.3 Å². The summed E-state index contributed by atoms with van der Waals surface area (Å²) in [5, 5.41) is 2.75. The highest BCUT2D eigenvalue weighted by molar-refractivity contribution is 5.90. The minimum absolute atomic E-state index is 0.0957. The fourth-order valence-corrected chi connectivity index (χ4v) is 4.79. The Morgan fingerprint density at radius 3 is 2.80 bits per heavy atom. The zero-order chi connectivity index (χ0) is 29.4. The van der Waals surface area contributed by atoms with Gasteiger partial charge >= 0.3 is 0 Å².